The maximum Gasteiger partial charge on any atom is 0.333 e. The Kier molecular flexibility index (Phi) is 4.93. The number of anilines is 1. The van der Waals surface area contributed by atoms with Gasteiger partial charge in [0.2, 0.25) is 11.8 Å². The Morgan fingerprint density at radius 3 is 2.88 bits per heavy atom. The summed E-state index contributed by atoms with van der Waals surface area (Å²) in [6.07, 6.45) is 6.88. The topological polar surface area (TPSA) is 99.2 Å². The smallest absolute Gasteiger partial charge is 0.333 e. The molecule has 25 heavy (non-hydrogen) atoms. The highest BCUT2D eigenvalue weighted by atomic mass is 16.6. The molecule has 0 amide bonds. The van der Waals surface area contributed by atoms with E-state index in [-0.39, 0.29) is 23.7 Å². The zero-order chi connectivity index (χ0) is 18.0. The minimum Gasteiger partial charge on any atom is -0.377 e. The molecule has 0 unspecified atom stereocenters. The van der Waals surface area contributed by atoms with E-state index in [0.29, 0.717) is 18.2 Å². The predicted octanol–water partition coefficient (Wildman–Crippen LogP) is 2.27. The van der Waals surface area contributed by atoms with Crippen molar-refractivity contribution in [3.63, 3.8) is 0 Å². The van der Waals surface area contributed by atoms with E-state index in [0.717, 1.165) is 19.4 Å². The second kappa shape index (κ2) is 7.14. The van der Waals surface area contributed by atoms with E-state index in [1.165, 1.54) is 6.33 Å². The van der Waals surface area contributed by atoms with Gasteiger partial charge < -0.3 is 9.64 Å². The monoisotopic (exact) mass is 346 g/mol. The first-order valence-corrected chi connectivity index (χ1v) is 8.37. The van der Waals surface area contributed by atoms with Crippen molar-refractivity contribution in [1.82, 2.24) is 19.5 Å². The Morgan fingerprint density at radius 2 is 2.24 bits per heavy atom. The molecule has 9 nitrogen and oxygen atoms in total. The molecule has 2 aromatic rings. The molecule has 0 spiro atoms. The van der Waals surface area contributed by atoms with Gasteiger partial charge in [-0.3, -0.25) is 14.7 Å². The average molecular weight is 346 g/mol. The van der Waals surface area contributed by atoms with Gasteiger partial charge in [0.1, 0.15) is 12.0 Å². The first-order valence-electron chi connectivity index (χ1n) is 8.37. The summed E-state index contributed by atoms with van der Waals surface area (Å²) in [5.41, 5.74) is 0.241. The third-order valence-corrected chi connectivity index (χ3v) is 4.22. The summed E-state index contributed by atoms with van der Waals surface area (Å²) in [6, 6.07) is 0.180. The summed E-state index contributed by atoms with van der Waals surface area (Å²) >= 11 is 0. The lowest BCUT2D eigenvalue weighted by Gasteiger charge is -2.26. The van der Waals surface area contributed by atoms with E-state index in [1.807, 2.05) is 13.8 Å². The van der Waals surface area contributed by atoms with Crippen molar-refractivity contribution in [3.05, 3.63) is 34.5 Å². The second-order valence-corrected chi connectivity index (χ2v) is 6.38. The Labute approximate surface area is 145 Å². The molecule has 2 aromatic heterocycles. The molecule has 1 saturated heterocycles. The highest BCUT2D eigenvalue weighted by molar-refractivity contribution is 5.54. The predicted molar refractivity (Wildman–Crippen MR) is 92.0 cm³/mol. The van der Waals surface area contributed by atoms with Crippen molar-refractivity contribution in [3.8, 4) is 5.82 Å². The standard InChI is InChI=1S/C16H22N6O3/c1-11(2)25-9-13-5-4-7-21(13)16-18-12(3)14(22(23)24)15(19-16)20-8-6-17-10-20/h6,8,10-11,13H,4-5,7,9H2,1-3H3/t13-/m0/s1. The van der Waals surface area contributed by atoms with Crippen molar-refractivity contribution in [2.24, 2.45) is 0 Å². The van der Waals surface area contributed by atoms with Crippen molar-refractivity contribution in [2.75, 3.05) is 18.1 Å². The number of nitrogens with zero attached hydrogens (tertiary/aromatic N) is 6. The van der Waals surface area contributed by atoms with E-state index in [2.05, 4.69) is 19.9 Å². The Hall–Kier alpha value is -2.55. The van der Waals surface area contributed by atoms with E-state index < -0.39 is 4.92 Å². The van der Waals surface area contributed by atoms with Gasteiger partial charge in [0.15, 0.2) is 0 Å². The minimum atomic E-state index is -0.447. The third kappa shape index (κ3) is 3.60. The van der Waals surface area contributed by atoms with Crippen LogP contribution in [-0.4, -0.2) is 49.7 Å². The highest BCUT2D eigenvalue weighted by Crippen LogP contribution is 2.29. The van der Waals surface area contributed by atoms with Crippen LogP contribution in [0.5, 0.6) is 0 Å². The lowest BCUT2D eigenvalue weighted by atomic mass is 10.2. The van der Waals surface area contributed by atoms with Crippen molar-refractivity contribution < 1.29 is 9.66 Å². The van der Waals surface area contributed by atoms with Gasteiger partial charge >= 0.3 is 5.69 Å². The number of ether oxygens (including phenoxy) is 1. The molecular formula is C16H22N6O3. The van der Waals surface area contributed by atoms with Crippen LogP contribution in [0.2, 0.25) is 0 Å². The largest absolute Gasteiger partial charge is 0.377 e. The fourth-order valence-corrected chi connectivity index (χ4v) is 3.02. The molecular weight excluding hydrogens is 324 g/mol. The van der Waals surface area contributed by atoms with Gasteiger partial charge in [-0.2, -0.15) is 4.98 Å². The summed E-state index contributed by atoms with van der Waals surface area (Å²) in [5, 5.41) is 11.5. The van der Waals surface area contributed by atoms with Gasteiger partial charge in [0.25, 0.3) is 0 Å². The fraction of sp³-hybridized carbons (Fsp3) is 0.562. The molecule has 1 atom stereocenters. The minimum absolute atomic E-state index is 0.101. The van der Waals surface area contributed by atoms with Crippen LogP contribution in [0.15, 0.2) is 18.7 Å². The second-order valence-electron chi connectivity index (χ2n) is 6.38. The molecule has 3 rings (SSSR count). The van der Waals surface area contributed by atoms with Crippen molar-refractivity contribution in [1.29, 1.82) is 0 Å². The first kappa shape index (κ1) is 17.3. The number of imidazole rings is 1. The van der Waals surface area contributed by atoms with E-state index in [9.17, 15) is 10.1 Å². The summed E-state index contributed by atoms with van der Waals surface area (Å²) in [6.45, 7) is 7.05. The number of aromatic nitrogens is 4. The summed E-state index contributed by atoms with van der Waals surface area (Å²) in [4.78, 5) is 26.0. The highest BCUT2D eigenvalue weighted by Gasteiger charge is 2.31. The molecule has 0 radical (unpaired) electrons. The molecule has 0 saturated carbocycles. The first-order chi connectivity index (χ1) is 12.0. The van der Waals surface area contributed by atoms with Crippen LogP contribution in [0.4, 0.5) is 11.6 Å². The molecule has 9 heteroatoms. The molecule has 1 fully saturated rings. The Morgan fingerprint density at radius 1 is 1.44 bits per heavy atom. The van der Waals surface area contributed by atoms with Gasteiger partial charge in [-0.25, -0.2) is 9.97 Å². The van der Waals surface area contributed by atoms with Crippen LogP contribution < -0.4 is 4.90 Å². The number of hydrogen-bond acceptors (Lipinski definition) is 7. The van der Waals surface area contributed by atoms with Gasteiger partial charge in [-0.1, -0.05) is 0 Å². The van der Waals surface area contributed by atoms with Crippen LogP contribution in [0, 0.1) is 17.0 Å². The number of nitro groups is 1. The zero-order valence-electron chi connectivity index (χ0n) is 14.6. The zero-order valence-corrected chi connectivity index (χ0v) is 14.6. The number of hydrogen-bond donors (Lipinski definition) is 0. The Balaban J connectivity index is 1.98. The molecule has 134 valence electrons. The van der Waals surface area contributed by atoms with Crippen LogP contribution in [-0.2, 0) is 4.74 Å². The molecule has 0 bridgehead atoms. The normalized spacial score (nSPS) is 17.4. The molecule has 1 aliphatic heterocycles. The van der Waals surface area contributed by atoms with Gasteiger partial charge in [0, 0.05) is 18.9 Å². The summed E-state index contributed by atoms with van der Waals surface area (Å²) in [7, 11) is 0. The number of aryl methyl sites for hydroxylation is 1. The molecule has 0 N–H and O–H groups in total. The maximum absolute atomic E-state index is 11.5. The van der Waals surface area contributed by atoms with Crippen LogP contribution in [0.25, 0.3) is 5.82 Å². The molecule has 0 aliphatic carbocycles. The van der Waals surface area contributed by atoms with Gasteiger partial charge in [0.05, 0.1) is 23.7 Å². The van der Waals surface area contributed by atoms with E-state index in [4.69, 9.17) is 4.74 Å². The molecule has 1 aliphatic rings. The van der Waals surface area contributed by atoms with Crippen molar-refractivity contribution in [2.45, 2.75) is 45.8 Å². The quantitative estimate of drug-likeness (QED) is 0.584. The van der Waals surface area contributed by atoms with Crippen LogP contribution in [0.1, 0.15) is 32.4 Å². The Bertz CT molecular complexity index is 747. The summed E-state index contributed by atoms with van der Waals surface area (Å²) in [5.74, 6) is 0.738. The average Bonchev–Trinajstić information content (AvgIpc) is 3.23. The van der Waals surface area contributed by atoms with Gasteiger partial charge in [-0.15, -0.1) is 0 Å². The summed E-state index contributed by atoms with van der Waals surface area (Å²) < 4.78 is 7.30. The lowest BCUT2D eigenvalue weighted by molar-refractivity contribution is -0.385. The third-order valence-electron chi connectivity index (χ3n) is 4.22. The number of rotatable bonds is 6. The SMILES string of the molecule is Cc1nc(N2CCC[C@H]2COC(C)C)nc(-n2ccnc2)c1[N+](=O)[O-]. The molecule has 0 aromatic carbocycles. The molecule has 3 heterocycles. The lowest BCUT2D eigenvalue weighted by Crippen LogP contribution is -2.35. The van der Waals surface area contributed by atoms with E-state index >= 15 is 0 Å². The fourth-order valence-electron chi connectivity index (χ4n) is 3.02. The van der Waals surface area contributed by atoms with Gasteiger partial charge in [-0.05, 0) is 33.6 Å². The van der Waals surface area contributed by atoms with Crippen molar-refractivity contribution >= 4 is 11.6 Å². The van der Waals surface area contributed by atoms with Crippen LogP contribution >= 0.6 is 0 Å². The van der Waals surface area contributed by atoms with E-state index in [1.54, 1.807) is 23.9 Å². The maximum atomic E-state index is 11.5. The van der Waals surface area contributed by atoms with Crippen LogP contribution in [0.3, 0.4) is 0 Å².